The molecule has 1 heterocycles. The lowest BCUT2D eigenvalue weighted by Crippen LogP contribution is -2.27. The fourth-order valence-corrected chi connectivity index (χ4v) is 1.22. The second-order valence-corrected chi connectivity index (χ2v) is 3.21. The fourth-order valence-electron chi connectivity index (χ4n) is 1.22. The second kappa shape index (κ2) is 3.13. The zero-order valence-corrected chi connectivity index (χ0v) is 6.80. The molecule has 0 saturated carbocycles. The van der Waals surface area contributed by atoms with Crippen LogP contribution in [0.1, 0.15) is 19.8 Å². The summed E-state index contributed by atoms with van der Waals surface area (Å²) in [7, 11) is 0. The Labute approximate surface area is 66.4 Å². The maximum Gasteiger partial charge on any atom is 0.0838 e. The predicted molar refractivity (Wildman–Crippen MR) is 43.1 cm³/mol. The Balaban J connectivity index is 2.63. The van der Waals surface area contributed by atoms with Crippen molar-refractivity contribution in [1.29, 1.82) is 0 Å². The lowest BCUT2D eigenvalue weighted by atomic mass is 9.80. The number of nitrogens with zero attached hydrogens (tertiary/aromatic N) is 1. The van der Waals surface area contributed by atoms with E-state index in [9.17, 15) is 4.91 Å². The van der Waals surface area contributed by atoms with Crippen molar-refractivity contribution in [2.45, 2.75) is 19.8 Å². The molecule has 1 saturated heterocycles. The summed E-state index contributed by atoms with van der Waals surface area (Å²) in [6.07, 6.45) is 1.72. The van der Waals surface area contributed by atoms with E-state index in [2.05, 4.69) is 11.8 Å². The minimum Gasteiger partial charge on any atom is -0.381 e. The average Bonchev–Trinajstić information content (AvgIpc) is 2.04. The molecule has 0 N–H and O–H groups in total. The van der Waals surface area contributed by atoms with Gasteiger partial charge in [-0.1, -0.05) is 13.5 Å². The van der Waals surface area contributed by atoms with Gasteiger partial charge in [0.25, 0.3) is 0 Å². The Morgan fingerprint density at radius 1 is 1.55 bits per heavy atom. The Kier molecular flexibility index (Phi) is 2.39. The topological polar surface area (TPSA) is 38.7 Å². The lowest BCUT2D eigenvalue weighted by molar-refractivity contribution is 0.0398. The molecule has 0 amide bonds. The van der Waals surface area contributed by atoms with Crippen LogP contribution >= 0.6 is 0 Å². The molecule has 62 valence electrons. The van der Waals surface area contributed by atoms with Crippen LogP contribution in [0.4, 0.5) is 0 Å². The predicted octanol–water partition coefficient (Wildman–Crippen LogP) is 2.08. The zero-order chi connectivity index (χ0) is 8.32. The van der Waals surface area contributed by atoms with Crippen molar-refractivity contribution in [3.63, 3.8) is 0 Å². The van der Waals surface area contributed by atoms with Crippen LogP contribution in [-0.2, 0) is 4.74 Å². The van der Waals surface area contributed by atoms with Gasteiger partial charge in [-0.25, -0.2) is 0 Å². The van der Waals surface area contributed by atoms with E-state index in [1.165, 1.54) is 0 Å². The van der Waals surface area contributed by atoms with Gasteiger partial charge in [0.05, 0.1) is 5.70 Å². The average molecular weight is 155 g/mol. The Hall–Kier alpha value is -0.700. The largest absolute Gasteiger partial charge is 0.381 e. The monoisotopic (exact) mass is 155 g/mol. The number of nitroso groups, excluding NO2 is 1. The summed E-state index contributed by atoms with van der Waals surface area (Å²) in [4.78, 5) is 10.2. The number of rotatable bonds is 2. The molecule has 0 atom stereocenters. The van der Waals surface area contributed by atoms with Crippen LogP contribution in [0.15, 0.2) is 17.5 Å². The molecule has 1 fully saturated rings. The van der Waals surface area contributed by atoms with E-state index in [4.69, 9.17) is 4.74 Å². The van der Waals surface area contributed by atoms with E-state index in [0.717, 1.165) is 12.8 Å². The van der Waals surface area contributed by atoms with Crippen molar-refractivity contribution in [2.75, 3.05) is 13.2 Å². The summed E-state index contributed by atoms with van der Waals surface area (Å²) >= 11 is 0. The molecular formula is C8H13NO2. The van der Waals surface area contributed by atoms with Crippen LogP contribution in [0.2, 0.25) is 0 Å². The van der Waals surface area contributed by atoms with Crippen molar-refractivity contribution in [3.8, 4) is 0 Å². The van der Waals surface area contributed by atoms with Gasteiger partial charge in [0.2, 0.25) is 0 Å². The lowest BCUT2D eigenvalue weighted by Gasteiger charge is -2.31. The molecule has 3 heteroatoms. The molecule has 0 aromatic rings. The maximum absolute atomic E-state index is 10.2. The first-order chi connectivity index (χ1) is 5.19. The van der Waals surface area contributed by atoms with Gasteiger partial charge < -0.3 is 4.74 Å². The molecule has 0 unspecified atom stereocenters. The minimum absolute atomic E-state index is 0.111. The van der Waals surface area contributed by atoms with Crippen LogP contribution < -0.4 is 0 Å². The quantitative estimate of drug-likeness (QED) is 0.572. The van der Waals surface area contributed by atoms with Crippen LogP contribution in [0.25, 0.3) is 0 Å². The first-order valence-electron chi connectivity index (χ1n) is 3.79. The molecule has 0 radical (unpaired) electrons. The SMILES string of the molecule is C=C(N=O)C1(C)CCOCC1. The molecule has 0 bridgehead atoms. The first-order valence-corrected chi connectivity index (χ1v) is 3.79. The Bertz CT molecular complexity index is 171. The third-order valence-electron chi connectivity index (χ3n) is 2.40. The van der Waals surface area contributed by atoms with Crippen molar-refractivity contribution < 1.29 is 4.74 Å². The van der Waals surface area contributed by atoms with Crippen molar-refractivity contribution in [2.24, 2.45) is 10.6 Å². The van der Waals surface area contributed by atoms with E-state index >= 15 is 0 Å². The van der Waals surface area contributed by atoms with Crippen molar-refractivity contribution in [3.05, 3.63) is 17.2 Å². The number of hydrogen-bond acceptors (Lipinski definition) is 3. The van der Waals surface area contributed by atoms with Gasteiger partial charge >= 0.3 is 0 Å². The van der Waals surface area contributed by atoms with Gasteiger partial charge in [-0.3, -0.25) is 0 Å². The molecule has 11 heavy (non-hydrogen) atoms. The smallest absolute Gasteiger partial charge is 0.0838 e. The third kappa shape index (κ3) is 1.66. The van der Waals surface area contributed by atoms with Crippen molar-refractivity contribution in [1.82, 2.24) is 0 Å². The molecule has 1 aliphatic rings. The summed E-state index contributed by atoms with van der Waals surface area (Å²) in [5, 5.41) is 2.88. The van der Waals surface area contributed by atoms with Gasteiger partial charge in [-0.15, -0.1) is 4.91 Å². The molecule has 0 aromatic heterocycles. The standard InChI is InChI=1S/C8H13NO2/c1-7(9-10)8(2)3-5-11-6-4-8/h1,3-6H2,2H3. The summed E-state index contributed by atoms with van der Waals surface area (Å²) in [5.74, 6) is 0. The molecule has 0 aliphatic carbocycles. The van der Waals surface area contributed by atoms with Crippen LogP contribution in [0.3, 0.4) is 0 Å². The van der Waals surface area contributed by atoms with E-state index in [-0.39, 0.29) is 5.41 Å². The van der Waals surface area contributed by atoms with E-state index in [0.29, 0.717) is 18.9 Å². The summed E-state index contributed by atoms with van der Waals surface area (Å²) < 4.78 is 5.17. The summed E-state index contributed by atoms with van der Waals surface area (Å²) in [6, 6.07) is 0. The van der Waals surface area contributed by atoms with Crippen LogP contribution in [0.5, 0.6) is 0 Å². The third-order valence-corrected chi connectivity index (χ3v) is 2.40. The second-order valence-electron chi connectivity index (χ2n) is 3.21. The van der Waals surface area contributed by atoms with Gasteiger partial charge in [-0.2, -0.15) is 0 Å². The molecule has 0 spiro atoms. The molecule has 1 rings (SSSR count). The summed E-state index contributed by atoms with van der Waals surface area (Å²) in [6.45, 7) is 7.07. The van der Waals surface area contributed by atoms with Crippen LogP contribution in [-0.4, -0.2) is 13.2 Å². The van der Waals surface area contributed by atoms with Gasteiger partial charge in [-0.05, 0) is 18.0 Å². The molecular weight excluding hydrogens is 142 g/mol. The molecule has 0 aromatic carbocycles. The highest BCUT2D eigenvalue weighted by Crippen LogP contribution is 2.36. The highest BCUT2D eigenvalue weighted by molar-refractivity contribution is 5.07. The van der Waals surface area contributed by atoms with E-state index in [1.807, 2.05) is 6.92 Å². The summed E-state index contributed by atoms with van der Waals surface area (Å²) in [5.41, 5.74) is 0.348. The number of hydrogen-bond donors (Lipinski definition) is 0. The highest BCUT2D eigenvalue weighted by Gasteiger charge is 2.31. The van der Waals surface area contributed by atoms with E-state index < -0.39 is 0 Å². The number of allylic oxidation sites excluding steroid dienone is 1. The zero-order valence-electron chi connectivity index (χ0n) is 6.80. The van der Waals surface area contributed by atoms with Crippen LogP contribution in [0, 0.1) is 10.3 Å². The van der Waals surface area contributed by atoms with Gasteiger partial charge in [0.15, 0.2) is 0 Å². The molecule has 1 aliphatic heterocycles. The Morgan fingerprint density at radius 3 is 2.55 bits per heavy atom. The van der Waals surface area contributed by atoms with Gasteiger partial charge in [0, 0.05) is 18.6 Å². The van der Waals surface area contributed by atoms with Gasteiger partial charge in [0.1, 0.15) is 0 Å². The van der Waals surface area contributed by atoms with E-state index in [1.54, 1.807) is 0 Å². The maximum atomic E-state index is 10.2. The first kappa shape index (κ1) is 8.40. The fraction of sp³-hybridized carbons (Fsp3) is 0.750. The minimum atomic E-state index is -0.111. The normalized spacial score (nSPS) is 22.6. The number of ether oxygens (including phenoxy) is 1. The van der Waals surface area contributed by atoms with Crippen molar-refractivity contribution >= 4 is 0 Å². The Morgan fingerprint density at radius 2 is 2.09 bits per heavy atom. The molecule has 3 nitrogen and oxygen atoms in total. The highest BCUT2D eigenvalue weighted by atomic mass is 16.5.